The summed E-state index contributed by atoms with van der Waals surface area (Å²) in [5.74, 6) is 2.03. The van der Waals surface area contributed by atoms with Crippen LogP contribution in [-0.2, 0) is 0 Å². The summed E-state index contributed by atoms with van der Waals surface area (Å²) in [6.45, 7) is 4.62. The fourth-order valence-corrected chi connectivity index (χ4v) is 2.46. The van der Waals surface area contributed by atoms with E-state index in [1.54, 1.807) is 6.20 Å². The van der Waals surface area contributed by atoms with Crippen LogP contribution in [0.4, 0.5) is 23.1 Å². The van der Waals surface area contributed by atoms with E-state index in [4.69, 9.17) is 16.3 Å². The van der Waals surface area contributed by atoms with E-state index in [1.807, 2.05) is 62.4 Å². The maximum atomic E-state index is 6.06. The van der Waals surface area contributed by atoms with Crippen molar-refractivity contribution in [2.24, 2.45) is 0 Å². The molecule has 1 aromatic heterocycles. The first kappa shape index (κ1) is 17.0. The Labute approximate surface area is 152 Å². The Kier molecular flexibility index (Phi) is 5.36. The quantitative estimate of drug-likeness (QED) is 0.627. The molecule has 0 bridgehead atoms. The Morgan fingerprint density at radius 3 is 2.60 bits per heavy atom. The van der Waals surface area contributed by atoms with Crippen molar-refractivity contribution in [1.82, 2.24) is 9.97 Å². The Morgan fingerprint density at radius 1 is 1.04 bits per heavy atom. The summed E-state index contributed by atoms with van der Waals surface area (Å²) in [7, 11) is 0. The number of nitrogens with one attached hydrogen (secondary N) is 2. The lowest BCUT2D eigenvalue weighted by molar-refractivity contribution is 0.340. The SMILES string of the molecule is CCOc1ccc(Nc2nccc(Nc3cc(Cl)ccc3C)n2)cc1. The van der Waals surface area contributed by atoms with E-state index in [0.717, 1.165) is 22.7 Å². The minimum atomic E-state index is 0.508. The van der Waals surface area contributed by atoms with Crippen LogP contribution in [0.3, 0.4) is 0 Å². The van der Waals surface area contributed by atoms with Crippen molar-refractivity contribution in [3.63, 3.8) is 0 Å². The van der Waals surface area contributed by atoms with Crippen LogP contribution >= 0.6 is 11.6 Å². The molecule has 0 fully saturated rings. The van der Waals surface area contributed by atoms with E-state index in [-0.39, 0.29) is 0 Å². The van der Waals surface area contributed by atoms with E-state index >= 15 is 0 Å². The number of benzene rings is 2. The second-order valence-corrected chi connectivity index (χ2v) is 5.87. The molecule has 5 nitrogen and oxygen atoms in total. The maximum Gasteiger partial charge on any atom is 0.229 e. The fourth-order valence-electron chi connectivity index (χ4n) is 2.29. The van der Waals surface area contributed by atoms with E-state index in [1.165, 1.54) is 0 Å². The average molecular weight is 355 g/mol. The molecule has 0 amide bonds. The summed E-state index contributed by atoms with van der Waals surface area (Å²) in [5.41, 5.74) is 2.89. The van der Waals surface area contributed by atoms with Gasteiger partial charge in [-0.3, -0.25) is 0 Å². The van der Waals surface area contributed by atoms with Crippen molar-refractivity contribution < 1.29 is 4.74 Å². The van der Waals surface area contributed by atoms with Crippen LogP contribution in [0, 0.1) is 6.92 Å². The lowest BCUT2D eigenvalue weighted by atomic mass is 10.2. The normalized spacial score (nSPS) is 10.4. The third-order valence-corrected chi connectivity index (χ3v) is 3.77. The van der Waals surface area contributed by atoms with E-state index in [0.29, 0.717) is 23.4 Å². The first-order valence-electron chi connectivity index (χ1n) is 8.00. The molecule has 1 heterocycles. The molecule has 25 heavy (non-hydrogen) atoms. The first-order valence-corrected chi connectivity index (χ1v) is 8.38. The van der Waals surface area contributed by atoms with Crippen molar-refractivity contribution in [2.45, 2.75) is 13.8 Å². The second-order valence-electron chi connectivity index (χ2n) is 5.43. The lowest BCUT2D eigenvalue weighted by Crippen LogP contribution is -2.01. The highest BCUT2D eigenvalue weighted by molar-refractivity contribution is 6.30. The van der Waals surface area contributed by atoms with Crippen molar-refractivity contribution in [2.75, 3.05) is 17.2 Å². The zero-order chi connectivity index (χ0) is 17.6. The number of anilines is 4. The molecule has 0 spiro atoms. The predicted octanol–water partition coefficient (Wildman–Crippen LogP) is 5.32. The molecular weight excluding hydrogens is 336 g/mol. The summed E-state index contributed by atoms with van der Waals surface area (Å²) in [4.78, 5) is 8.74. The monoisotopic (exact) mass is 354 g/mol. The summed E-state index contributed by atoms with van der Waals surface area (Å²) in [6, 6.07) is 15.2. The Bertz CT molecular complexity index is 852. The van der Waals surface area contributed by atoms with Gasteiger partial charge in [-0.05, 0) is 61.9 Å². The number of aromatic nitrogens is 2. The Morgan fingerprint density at radius 2 is 1.84 bits per heavy atom. The summed E-state index contributed by atoms with van der Waals surface area (Å²) in [6.07, 6.45) is 1.70. The lowest BCUT2D eigenvalue weighted by Gasteiger charge is -2.11. The van der Waals surface area contributed by atoms with Gasteiger partial charge < -0.3 is 15.4 Å². The second kappa shape index (κ2) is 7.85. The minimum absolute atomic E-state index is 0.508. The number of nitrogens with zero attached hydrogens (tertiary/aromatic N) is 2. The molecule has 0 saturated carbocycles. The summed E-state index contributed by atoms with van der Waals surface area (Å²) in [5, 5.41) is 7.13. The van der Waals surface area contributed by atoms with Gasteiger partial charge in [-0.1, -0.05) is 17.7 Å². The van der Waals surface area contributed by atoms with Crippen molar-refractivity contribution in [3.8, 4) is 5.75 Å². The van der Waals surface area contributed by atoms with Crippen LogP contribution in [0.15, 0.2) is 54.7 Å². The standard InChI is InChI=1S/C19H19ClN4O/c1-3-25-16-8-6-15(7-9-16)22-19-21-11-10-18(24-19)23-17-12-14(20)5-4-13(17)2/h4-12H,3H2,1-2H3,(H2,21,22,23,24). The van der Waals surface area contributed by atoms with Crippen molar-refractivity contribution in [3.05, 3.63) is 65.3 Å². The number of aryl methyl sites for hydroxylation is 1. The minimum Gasteiger partial charge on any atom is -0.494 e. The topological polar surface area (TPSA) is 59.1 Å². The summed E-state index contributed by atoms with van der Waals surface area (Å²) >= 11 is 6.06. The molecule has 6 heteroatoms. The number of halogens is 1. The molecular formula is C19H19ClN4O. The third kappa shape index (κ3) is 4.61. The van der Waals surface area contributed by atoms with Crippen LogP contribution in [0.2, 0.25) is 5.02 Å². The van der Waals surface area contributed by atoms with Gasteiger partial charge >= 0.3 is 0 Å². The van der Waals surface area contributed by atoms with Gasteiger partial charge in [0.25, 0.3) is 0 Å². The molecule has 2 N–H and O–H groups in total. The van der Waals surface area contributed by atoms with Gasteiger partial charge in [0.05, 0.1) is 6.61 Å². The largest absolute Gasteiger partial charge is 0.494 e. The molecule has 0 aliphatic carbocycles. The third-order valence-electron chi connectivity index (χ3n) is 3.54. The van der Waals surface area contributed by atoms with Gasteiger partial charge in [0.1, 0.15) is 11.6 Å². The van der Waals surface area contributed by atoms with Gasteiger partial charge in [0, 0.05) is 22.6 Å². The maximum absolute atomic E-state index is 6.06. The predicted molar refractivity (Wildman–Crippen MR) is 102 cm³/mol. The molecule has 0 atom stereocenters. The summed E-state index contributed by atoms with van der Waals surface area (Å²) < 4.78 is 5.44. The molecule has 0 aliphatic heterocycles. The van der Waals surface area contributed by atoms with E-state index in [9.17, 15) is 0 Å². The van der Waals surface area contributed by atoms with Crippen LogP contribution in [-0.4, -0.2) is 16.6 Å². The number of hydrogen-bond acceptors (Lipinski definition) is 5. The first-order chi connectivity index (χ1) is 12.1. The van der Waals surface area contributed by atoms with Crippen LogP contribution in [0.25, 0.3) is 0 Å². The molecule has 3 rings (SSSR count). The van der Waals surface area contributed by atoms with Crippen LogP contribution in [0.1, 0.15) is 12.5 Å². The Hall–Kier alpha value is -2.79. The van der Waals surface area contributed by atoms with E-state index in [2.05, 4.69) is 20.6 Å². The highest BCUT2D eigenvalue weighted by Crippen LogP contribution is 2.24. The average Bonchev–Trinajstić information content (AvgIpc) is 2.60. The van der Waals surface area contributed by atoms with E-state index < -0.39 is 0 Å². The van der Waals surface area contributed by atoms with Crippen LogP contribution in [0.5, 0.6) is 5.75 Å². The molecule has 2 aromatic carbocycles. The van der Waals surface area contributed by atoms with Crippen molar-refractivity contribution in [1.29, 1.82) is 0 Å². The van der Waals surface area contributed by atoms with Gasteiger partial charge in [0.15, 0.2) is 0 Å². The zero-order valence-corrected chi connectivity index (χ0v) is 14.8. The molecule has 0 radical (unpaired) electrons. The zero-order valence-electron chi connectivity index (χ0n) is 14.1. The number of ether oxygens (including phenoxy) is 1. The highest BCUT2D eigenvalue weighted by atomic mass is 35.5. The fraction of sp³-hybridized carbons (Fsp3) is 0.158. The molecule has 0 saturated heterocycles. The molecule has 0 aliphatic rings. The van der Waals surface area contributed by atoms with Gasteiger partial charge in [-0.25, -0.2) is 4.98 Å². The Balaban J connectivity index is 1.74. The van der Waals surface area contributed by atoms with Crippen molar-refractivity contribution >= 4 is 34.7 Å². The number of rotatable bonds is 6. The molecule has 0 unspecified atom stereocenters. The highest BCUT2D eigenvalue weighted by Gasteiger charge is 2.04. The van der Waals surface area contributed by atoms with Gasteiger partial charge in [-0.2, -0.15) is 4.98 Å². The number of hydrogen-bond donors (Lipinski definition) is 2. The molecule has 128 valence electrons. The van der Waals surface area contributed by atoms with Gasteiger partial charge in [0.2, 0.25) is 5.95 Å². The molecule has 3 aromatic rings. The smallest absolute Gasteiger partial charge is 0.229 e. The van der Waals surface area contributed by atoms with Crippen LogP contribution < -0.4 is 15.4 Å². The van der Waals surface area contributed by atoms with Gasteiger partial charge in [-0.15, -0.1) is 0 Å².